The van der Waals surface area contributed by atoms with Crippen molar-refractivity contribution >= 4 is 29.0 Å². The van der Waals surface area contributed by atoms with Crippen LogP contribution in [0.1, 0.15) is 17.2 Å². The average molecular weight is 282 g/mol. The molecule has 0 saturated heterocycles. The lowest BCUT2D eigenvalue weighted by Crippen LogP contribution is -2.16. The Hall–Kier alpha value is -1.29. The lowest BCUT2D eigenvalue weighted by molar-refractivity contribution is 0.721. The molecule has 1 atom stereocenters. The van der Waals surface area contributed by atoms with E-state index in [1.807, 2.05) is 6.07 Å². The summed E-state index contributed by atoms with van der Waals surface area (Å²) < 4.78 is 0. The van der Waals surface area contributed by atoms with Crippen molar-refractivity contribution < 1.29 is 0 Å². The number of nitrogens with zero attached hydrogens (tertiary/aromatic N) is 1. The quantitative estimate of drug-likeness (QED) is 0.908. The van der Waals surface area contributed by atoms with Crippen LogP contribution in [0.25, 0.3) is 0 Å². The van der Waals surface area contributed by atoms with E-state index >= 15 is 0 Å². The molecule has 0 spiro atoms. The highest BCUT2D eigenvalue weighted by Crippen LogP contribution is 2.29. The molecule has 0 aliphatic carbocycles. The molecule has 18 heavy (non-hydrogen) atoms. The SMILES string of the molecule is Nc1ncccc1C(N)Cc1c(Cl)cccc1Cl. The van der Waals surface area contributed by atoms with E-state index in [2.05, 4.69) is 4.98 Å². The predicted molar refractivity (Wildman–Crippen MR) is 75.7 cm³/mol. The molecule has 0 aliphatic heterocycles. The third kappa shape index (κ3) is 2.75. The summed E-state index contributed by atoms with van der Waals surface area (Å²) in [5.74, 6) is 0.438. The molecule has 1 aromatic carbocycles. The molecule has 1 unspecified atom stereocenters. The van der Waals surface area contributed by atoms with Crippen LogP contribution >= 0.6 is 23.2 Å². The molecule has 0 aliphatic rings. The van der Waals surface area contributed by atoms with E-state index in [1.165, 1.54) is 0 Å². The second kappa shape index (κ2) is 5.57. The second-order valence-electron chi connectivity index (χ2n) is 3.99. The van der Waals surface area contributed by atoms with Gasteiger partial charge in [0.1, 0.15) is 5.82 Å². The van der Waals surface area contributed by atoms with E-state index in [-0.39, 0.29) is 6.04 Å². The topological polar surface area (TPSA) is 64.9 Å². The third-order valence-electron chi connectivity index (χ3n) is 2.76. The molecule has 0 bridgehead atoms. The maximum Gasteiger partial charge on any atom is 0.128 e. The van der Waals surface area contributed by atoms with Crippen LogP contribution in [-0.4, -0.2) is 4.98 Å². The predicted octanol–water partition coefficient (Wildman–Crippen LogP) is 3.21. The summed E-state index contributed by atoms with van der Waals surface area (Å²) in [5.41, 5.74) is 13.6. The molecular formula is C13H13Cl2N3. The van der Waals surface area contributed by atoms with Crippen molar-refractivity contribution in [1.82, 2.24) is 4.98 Å². The summed E-state index contributed by atoms with van der Waals surface area (Å²) in [6.45, 7) is 0. The summed E-state index contributed by atoms with van der Waals surface area (Å²) in [5, 5.41) is 1.22. The average Bonchev–Trinajstić information content (AvgIpc) is 2.34. The Balaban J connectivity index is 2.27. The lowest BCUT2D eigenvalue weighted by atomic mass is 10.00. The first-order valence-corrected chi connectivity index (χ1v) is 6.24. The minimum atomic E-state index is -0.281. The van der Waals surface area contributed by atoms with Gasteiger partial charge in [-0.3, -0.25) is 0 Å². The summed E-state index contributed by atoms with van der Waals surface area (Å²) in [6.07, 6.45) is 2.16. The van der Waals surface area contributed by atoms with Crippen molar-refractivity contribution in [3.8, 4) is 0 Å². The molecule has 0 amide bonds. The fourth-order valence-corrected chi connectivity index (χ4v) is 2.35. The van der Waals surface area contributed by atoms with E-state index in [1.54, 1.807) is 30.5 Å². The van der Waals surface area contributed by atoms with E-state index in [0.717, 1.165) is 11.1 Å². The Morgan fingerprint density at radius 3 is 2.39 bits per heavy atom. The number of pyridine rings is 1. The molecule has 1 aromatic heterocycles. The van der Waals surface area contributed by atoms with Gasteiger partial charge < -0.3 is 11.5 Å². The van der Waals surface area contributed by atoms with E-state index in [9.17, 15) is 0 Å². The molecule has 0 saturated carbocycles. The molecule has 3 nitrogen and oxygen atoms in total. The van der Waals surface area contributed by atoms with E-state index in [4.69, 9.17) is 34.7 Å². The Morgan fingerprint density at radius 2 is 1.78 bits per heavy atom. The minimum Gasteiger partial charge on any atom is -0.383 e. The summed E-state index contributed by atoms with van der Waals surface area (Å²) in [7, 11) is 0. The fourth-order valence-electron chi connectivity index (χ4n) is 1.80. The van der Waals surface area contributed by atoms with Gasteiger partial charge in [0.2, 0.25) is 0 Å². The molecule has 4 N–H and O–H groups in total. The highest BCUT2D eigenvalue weighted by molar-refractivity contribution is 6.36. The first-order valence-electron chi connectivity index (χ1n) is 5.48. The zero-order valence-electron chi connectivity index (χ0n) is 9.61. The molecule has 1 heterocycles. The van der Waals surface area contributed by atoms with Crippen LogP contribution in [-0.2, 0) is 6.42 Å². The Labute approximate surface area is 116 Å². The third-order valence-corrected chi connectivity index (χ3v) is 3.46. The highest BCUT2D eigenvalue weighted by Gasteiger charge is 2.14. The number of nitrogens with two attached hydrogens (primary N) is 2. The zero-order valence-corrected chi connectivity index (χ0v) is 11.1. The van der Waals surface area contributed by atoms with Gasteiger partial charge in [0.05, 0.1) is 0 Å². The van der Waals surface area contributed by atoms with Gasteiger partial charge in [-0.15, -0.1) is 0 Å². The fraction of sp³-hybridized carbons (Fsp3) is 0.154. The summed E-state index contributed by atoms with van der Waals surface area (Å²) >= 11 is 12.2. The number of benzene rings is 1. The van der Waals surface area contributed by atoms with Crippen molar-refractivity contribution in [3.05, 3.63) is 57.7 Å². The van der Waals surface area contributed by atoms with Crippen molar-refractivity contribution in [2.24, 2.45) is 5.73 Å². The van der Waals surface area contributed by atoms with Gasteiger partial charge in [0.15, 0.2) is 0 Å². The molecule has 0 fully saturated rings. The number of aromatic nitrogens is 1. The van der Waals surface area contributed by atoms with Crippen LogP contribution < -0.4 is 11.5 Å². The Bertz CT molecular complexity index is 537. The maximum absolute atomic E-state index is 6.13. The smallest absolute Gasteiger partial charge is 0.128 e. The number of rotatable bonds is 3. The van der Waals surface area contributed by atoms with Crippen molar-refractivity contribution in [1.29, 1.82) is 0 Å². The molecular weight excluding hydrogens is 269 g/mol. The number of anilines is 1. The molecule has 2 rings (SSSR count). The van der Waals surface area contributed by atoms with Crippen molar-refractivity contribution in [3.63, 3.8) is 0 Å². The van der Waals surface area contributed by atoms with Crippen molar-refractivity contribution in [2.45, 2.75) is 12.5 Å². The van der Waals surface area contributed by atoms with Gasteiger partial charge >= 0.3 is 0 Å². The van der Waals surface area contributed by atoms with Gasteiger partial charge in [0.25, 0.3) is 0 Å². The maximum atomic E-state index is 6.13. The Kier molecular flexibility index (Phi) is 4.07. The van der Waals surface area contributed by atoms with Crippen LogP contribution in [0.15, 0.2) is 36.5 Å². The van der Waals surface area contributed by atoms with Gasteiger partial charge in [-0.2, -0.15) is 0 Å². The van der Waals surface area contributed by atoms with Crippen LogP contribution in [0.4, 0.5) is 5.82 Å². The van der Waals surface area contributed by atoms with Crippen LogP contribution in [0.2, 0.25) is 10.0 Å². The molecule has 94 valence electrons. The van der Waals surface area contributed by atoms with Crippen LogP contribution in [0, 0.1) is 0 Å². The summed E-state index contributed by atoms with van der Waals surface area (Å²) in [6, 6.07) is 8.77. The Morgan fingerprint density at radius 1 is 1.11 bits per heavy atom. The monoisotopic (exact) mass is 281 g/mol. The molecule has 0 radical (unpaired) electrons. The highest BCUT2D eigenvalue weighted by atomic mass is 35.5. The van der Waals surface area contributed by atoms with Crippen LogP contribution in [0.5, 0.6) is 0 Å². The van der Waals surface area contributed by atoms with E-state index < -0.39 is 0 Å². The lowest BCUT2D eigenvalue weighted by Gasteiger charge is -2.15. The number of hydrogen-bond acceptors (Lipinski definition) is 3. The number of halogens is 2. The van der Waals surface area contributed by atoms with Crippen molar-refractivity contribution in [2.75, 3.05) is 5.73 Å². The van der Waals surface area contributed by atoms with Crippen LogP contribution in [0.3, 0.4) is 0 Å². The first kappa shape index (κ1) is 13.1. The summed E-state index contributed by atoms with van der Waals surface area (Å²) in [4.78, 5) is 4.02. The molecule has 5 heteroatoms. The largest absolute Gasteiger partial charge is 0.383 e. The van der Waals surface area contributed by atoms with E-state index in [0.29, 0.717) is 22.3 Å². The zero-order chi connectivity index (χ0) is 13.1. The van der Waals surface area contributed by atoms with Gasteiger partial charge in [-0.25, -0.2) is 4.98 Å². The second-order valence-corrected chi connectivity index (χ2v) is 4.80. The normalized spacial score (nSPS) is 12.4. The first-order chi connectivity index (χ1) is 8.59. The minimum absolute atomic E-state index is 0.281. The number of nitrogen functional groups attached to an aromatic ring is 1. The van der Waals surface area contributed by atoms with Gasteiger partial charge in [-0.05, 0) is 30.2 Å². The number of hydrogen-bond donors (Lipinski definition) is 2. The van der Waals surface area contributed by atoms with Gasteiger partial charge in [-0.1, -0.05) is 35.3 Å². The van der Waals surface area contributed by atoms with Gasteiger partial charge in [0, 0.05) is 27.8 Å². The molecule has 2 aromatic rings. The standard InChI is InChI=1S/C13H13Cl2N3/c14-10-4-1-5-11(15)9(10)7-12(16)8-3-2-6-18-13(8)17/h1-6,12H,7,16H2,(H2,17,18).